The molecule has 442 valence electrons. The smallest absolute Gasteiger partial charge is 0.490 e. The van der Waals surface area contributed by atoms with Crippen LogP contribution >= 0.6 is 0 Å². The number of carboxylic acids is 1. The van der Waals surface area contributed by atoms with E-state index in [1.165, 1.54) is 24.0 Å². The number of rotatable bonds is 31. The van der Waals surface area contributed by atoms with Gasteiger partial charge in [-0.3, -0.25) is 43.5 Å². The van der Waals surface area contributed by atoms with Crippen molar-refractivity contribution in [1.29, 1.82) is 0 Å². The molecule has 28 heteroatoms. The third-order valence-corrected chi connectivity index (χ3v) is 11.7. The Morgan fingerprint density at radius 1 is 0.692 bits per heavy atom. The maximum Gasteiger partial charge on any atom is 0.490 e. The molecular formula is C50H85F3N14O11. The van der Waals surface area contributed by atoms with E-state index in [2.05, 4.69) is 57.8 Å². The molecule has 16 N–H and O–H groups in total. The van der Waals surface area contributed by atoms with Gasteiger partial charge in [0.25, 0.3) is 0 Å². The SMILES string of the molecule is CCNC(=NCCCC[C@H](NC(=O)[C@H](CC(C)C)NC(=O)[C@@H](CCCCN=C(NCC)NCC)NC(=O)[C@H](Cc1ccc(O)cc1)NC(=O)[C@@H](N)CO)C(=O)N1CCC[C@H]1C(=O)N[C@H](C)C(N)=O)NCC.O=C(O)C(F)(F)F. The van der Waals surface area contributed by atoms with Gasteiger partial charge in [0.05, 0.1) is 6.61 Å². The van der Waals surface area contributed by atoms with Crippen molar-refractivity contribution < 1.29 is 66.8 Å². The number of hydrogen-bond acceptors (Lipinski definition) is 13. The third kappa shape index (κ3) is 26.9. The van der Waals surface area contributed by atoms with Gasteiger partial charge in [0, 0.05) is 52.2 Å². The summed E-state index contributed by atoms with van der Waals surface area (Å²) in [5, 5.41) is 52.9. The van der Waals surface area contributed by atoms with Crippen molar-refractivity contribution in [1.82, 2.24) is 52.8 Å². The summed E-state index contributed by atoms with van der Waals surface area (Å²) in [6.45, 7) is 16.0. The van der Waals surface area contributed by atoms with E-state index in [-0.39, 0.29) is 43.9 Å². The molecule has 1 saturated heterocycles. The zero-order valence-electron chi connectivity index (χ0n) is 45.9. The molecule has 1 aromatic carbocycles. The van der Waals surface area contributed by atoms with E-state index >= 15 is 0 Å². The number of amides is 7. The lowest BCUT2D eigenvalue weighted by atomic mass is 10.00. The number of nitrogens with one attached hydrogen (secondary N) is 9. The lowest BCUT2D eigenvalue weighted by Gasteiger charge is -2.31. The Morgan fingerprint density at radius 2 is 1.14 bits per heavy atom. The number of carbonyl (C=O) groups excluding carboxylic acids is 7. The number of nitrogens with two attached hydrogens (primary N) is 2. The Labute approximate surface area is 454 Å². The summed E-state index contributed by atoms with van der Waals surface area (Å²) in [7, 11) is 0. The minimum Gasteiger partial charge on any atom is -0.508 e. The van der Waals surface area contributed by atoms with E-state index in [0.29, 0.717) is 95.3 Å². The number of hydrogen-bond donors (Lipinski definition) is 14. The van der Waals surface area contributed by atoms with Crippen LogP contribution in [0.2, 0.25) is 0 Å². The number of carbonyl (C=O) groups is 8. The lowest BCUT2D eigenvalue weighted by Crippen LogP contribution is -2.60. The summed E-state index contributed by atoms with van der Waals surface area (Å²) in [5.74, 6) is -6.28. The lowest BCUT2D eigenvalue weighted by molar-refractivity contribution is -0.192. The van der Waals surface area contributed by atoms with E-state index in [4.69, 9.17) is 21.4 Å². The quantitative estimate of drug-likeness (QED) is 0.0249. The number of aromatic hydroxyl groups is 1. The predicted molar refractivity (Wildman–Crippen MR) is 286 cm³/mol. The first-order valence-corrected chi connectivity index (χ1v) is 26.4. The van der Waals surface area contributed by atoms with Crippen LogP contribution in [0.4, 0.5) is 13.2 Å². The van der Waals surface area contributed by atoms with E-state index in [1.807, 2.05) is 41.5 Å². The second kappa shape index (κ2) is 37.0. The number of phenols is 1. The van der Waals surface area contributed by atoms with Gasteiger partial charge in [-0.05, 0) is 116 Å². The van der Waals surface area contributed by atoms with Crippen molar-refractivity contribution >= 4 is 59.2 Å². The first-order valence-electron chi connectivity index (χ1n) is 26.4. The van der Waals surface area contributed by atoms with Gasteiger partial charge in [-0.25, -0.2) is 4.79 Å². The number of phenolic OH excluding ortho intramolecular Hbond substituents is 1. The van der Waals surface area contributed by atoms with E-state index in [1.54, 1.807) is 12.1 Å². The van der Waals surface area contributed by atoms with Crippen LogP contribution in [-0.2, 0) is 44.8 Å². The molecule has 0 spiro atoms. The van der Waals surface area contributed by atoms with Crippen molar-refractivity contribution in [3.8, 4) is 5.75 Å². The van der Waals surface area contributed by atoms with E-state index in [9.17, 15) is 56.9 Å². The monoisotopic (exact) mass is 1110 g/mol. The van der Waals surface area contributed by atoms with Gasteiger partial charge in [-0.15, -0.1) is 0 Å². The van der Waals surface area contributed by atoms with Crippen LogP contribution in [-0.4, -0.2) is 180 Å². The Hall–Kier alpha value is -6.97. The van der Waals surface area contributed by atoms with Gasteiger partial charge in [-0.2, -0.15) is 13.2 Å². The van der Waals surface area contributed by atoms with E-state index in [0.717, 1.165) is 0 Å². The highest BCUT2D eigenvalue weighted by Gasteiger charge is 2.40. The molecular weight excluding hydrogens is 1030 g/mol. The fraction of sp³-hybridized carbons (Fsp3) is 0.680. The second-order valence-electron chi connectivity index (χ2n) is 18.7. The van der Waals surface area contributed by atoms with Crippen LogP contribution in [0.3, 0.4) is 0 Å². The van der Waals surface area contributed by atoms with Crippen LogP contribution in [0.25, 0.3) is 0 Å². The summed E-state index contributed by atoms with van der Waals surface area (Å²) >= 11 is 0. The molecule has 0 bridgehead atoms. The minimum absolute atomic E-state index is 0.00996. The Bertz CT molecular complexity index is 2100. The van der Waals surface area contributed by atoms with Gasteiger partial charge in [0.15, 0.2) is 11.9 Å². The van der Waals surface area contributed by atoms with E-state index < -0.39 is 102 Å². The molecule has 1 aliphatic rings. The van der Waals surface area contributed by atoms with Gasteiger partial charge >= 0.3 is 12.1 Å². The minimum atomic E-state index is -5.08. The maximum absolute atomic E-state index is 14.5. The number of alkyl halides is 3. The summed E-state index contributed by atoms with van der Waals surface area (Å²) in [6, 6.07) is -2.00. The number of aliphatic imine (C=N–C) groups is 2. The molecule has 7 amide bonds. The number of carboxylic acid groups (broad SMARTS) is 1. The number of aliphatic hydroxyl groups excluding tert-OH is 1. The molecule has 78 heavy (non-hydrogen) atoms. The van der Waals surface area contributed by atoms with Crippen molar-refractivity contribution in [2.24, 2.45) is 27.4 Å². The third-order valence-electron chi connectivity index (χ3n) is 11.7. The molecule has 7 atom stereocenters. The molecule has 1 aromatic rings. The standard InChI is InChI=1S/C48H84N14O9.C2HF3O2/c1-8-51-47(52-9-2)55-24-14-12-17-35(58-44(69)38(60-41(66)34(49)29-63)28-32-20-22-33(64)23-21-32)42(67)61-37(27-30(5)6)43(68)59-36(18-13-15-25-56-48(53-10-3)54-11-4)46(71)62-26-16-19-39(62)45(70)57-31(7)40(50)65;3-2(4,5)1(6)7/h20-23,30-31,34-39,63-64H,8-19,24-29,49H2,1-7H3,(H2,50,65)(H,57,70)(H,58,69)(H,59,68)(H,60,66)(H,61,67)(H2,51,52,55)(H2,53,54,56);(H,6,7)/t31-,34+,35-,36+,37+,38+,39+;/m1./s1. The molecule has 2 rings (SSSR count). The number of aliphatic hydroxyl groups is 1. The summed E-state index contributed by atoms with van der Waals surface area (Å²) in [6.07, 6.45) is -1.91. The Kier molecular flexibility index (Phi) is 32.7. The topological polar surface area (TPSA) is 386 Å². The van der Waals surface area contributed by atoms with Crippen LogP contribution in [0.5, 0.6) is 5.75 Å². The average molecular weight is 1120 g/mol. The molecule has 0 unspecified atom stereocenters. The molecule has 1 aliphatic heterocycles. The van der Waals surface area contributed by atoms with Crippen LogP contribution in [0.15, 0.2) is 34.3 Å². The van der Waals surface area contributed by atoms with Gasteiger partial charge in [-0.1, -0.05) is 26.0 Å². The highest BCUT2D eigenvalue weighted by Crippen LogP contribution is 2.21. The molecule has 0 saturated carbocycles. The maximum atomic E-state index is 14.5. The predicted octanol–water partition coefficient (Wildman–Crippen LogP) is -0.656. The van der Waals surface area contributed by atoms with Crippen molar-refractivity contribution in [3.05, 3.63) is 29.8 Å². The van der Waals surface area contributed by atoms with Crippen LogP contribution in [0.1, 0.15) is 112 Å². The largest absolute Gasteiger partial charge is 0.508 e. The fourth-order valence-corrected chi connectivity index (χ4v) is 7.69. The van der Waals surface area contributed by atoms with Crippen molar-refractivity contribution in [3.63, 3.8) is 0 Å². The molecule has 25 nitrogen and oxygen atoms in total. The number of guanidine groups is 2. The van der Waals surface area contributed by atoms with Crippen molar-refractivity contribution in [2.75, 3.05) is 52.4 Å². The van der Waals surface area contributed by atoms with Crippen LogP contribution < -0.4 is 59.3 Å². The highest BCUT2D eigenvalue weighted by molar-refractivity contribution is 5.97. The Morgan fingerprint density at radius 3 is 1.60 bits per heavy atom. The van der Waals surface area contributed by atoms with Gasteiger partial charge in [0.2, 0.25) is 41.4 Å². The normalized spacial score (nSPS) is 15.2. The second-order valence-corrected chi connectivity index (χ2v) is 18.7. The highest BCUT2D eigenvalue weighted by atomic mass is 19.4. The van der Waals surface area contributed by atoms with Gasteiger partial charge < -0.3 is 79.5 Å². The summed E-state index contributed by atoms with van der Waals surface area (Å²) in [5.41, 5.74) is 11.8. The first-order chi connectivity index (χ1) is 36.8. The number of unbranched alkanes of at least 4 members (excludes halogenated alkanes) is 2. The Balaban J connectivity index is 0.00000404. The number of likely N-dealkylation sites (tertiary alicyclic amines) is 1. The number of benzene rings is 1. The molecule has 0 aromatic heterocycles. The first kappa shape index (κ1) is 69.0. The molecule has 1 heterocycles. The zero-order chi connectivity index (χ0) is 59.0. The summed E-state index contributed by atoms with van der Waals surface area (Å²) < 4.78 is 31.7. The number of aliphatic carboxylic acids is 1. The van der Waals surface area contributed by atoms with Crippen molar-refractivity contribution in [2.45, 2.75) is 161 Å². The summed E-state index contributed by atoms with van der Waals surface area (Å²) in [4.78, 5) is 115. The number of halogens is 3. The number of primary amides is 1. The number of nitrogens with zero attached hydrogens (tertiary/aromatic N) is 3. The fourth-order valence-electron chi connectivity index (χ4n) is 7.69. The van der Waals surface area contributed by atoms with Gasteiger partial charge in [0.1, 0.15) is 48.0 Å². The average Bonchev–Trinajstić information content (AvgIpc) is 3.88. The molecule has 1 fully saturated rings. The zero-order valence-corrected chi connectivity index (χ0v) is 45.9. The molecule has 0 radical (unpaired) electrons. The molecule has 0 aliphatic carbocycles. The van der Waals surface area contributed by atoms with Crippen LogP contribution in [0, 0.1) is 5.92 Å².